The van der Waals surface area contributed by atoms with Gasteiger partial charge in [-0.05, 0) is 31.2 Å². The van der Waals surface area contributed by atoms with E-state index in [1.807, 2.05) is 34.9 Å². The molecule has 3 aromatic rings. The molecule has 2 atom stereocenters. The number of aliphatic hydroxyl groups excluding tert-OH is 1. The molecule has 0 aliphatic rings. The van der Waals surface area contributed by atoms with Crippen LogP contribution in [0.25, 0.3) is 11.3 Å². The summed E-state index contributed by atoms with van der Waals surface area (Å²) in [6.07, 6.45) is 8.07. The highest BCUT2D eigenvalue weighted by atomic mass is 16.5. The average molecular weight is 322 g/mol. The molecule has 0 saturated carbocycles. The van der Waals surface area contributed by atoms with Crippen LogP contribution in [0.15, 0.2) is 47.2 Å². The Morgan fingerprint density at radius 1 is 1.38 bits per heavy atom. The summed E-state index contributed by atoms with van der Waals surface area (Å²) in [7, 11) is 0. The zero-order valence-electron chi connectivity index (χ0n) is 13.3. The summed E-state index contributed by atoms with van der Waals surface area (Å²) in [5.41, 5.74) is 8.27. The van der Waals surface area contributed by atoms with E-state index in [0.29, 0.717) is 23.8 Å². The SMILES string of the molecule is C#Cc1ccc(-c2cc([C@@H](CN)n3ccnc3[C@H](C)O)no2)cc1. The lowest BCUT2D eigenvalue weighted by Crippen LogP contribution is -2.22. The maximum absolute atomic E-state index is 9.83. The lowest BCUT2D eigenvalue weighted by Gasteiger charge is -2.17. The fourth-order valence-electron chi connectivity index (χ4n) is 2.60. The van der Waals surface area contributed by atoms with Gasteiger partial charge >= 0.3 is 0 Å². The molecule has 3 N–H and O–H groups in total. The minimum absolute atomic E-state index is 0.264. The molecule has 24 heavy (non-hydrogen) atoms. The Kier molecular flexibility index (Phi) is 4.47. The number of nitrogens with zero attached hydrogens (tertiary/aromatic N) is 3. The third-order valence-corrected chi connectivity index (χ3v) is 3.84. The van der Waals surface area contributed by atoms with Crippen molar-refractivity contribution in [2.24, 2.45) is 5.73 Å². The Labute approximate surface area is 139 Å². The van der Waals surface area contributed by atoms with Crippen LogP contribution in [0.3, 0.4) is 0 Å². The fraction of sp³-hybridized carbons (Fsp3) is 0.222. The zero-order valence-corrected chi connectivity index (χ0v) is 13.3. The average Bonchev–Trinajstić information content (AvgIpc) is 3.26. The van der Waals surface area contributed by atoms with Crippen LogP contribution in [0, 0.1) is 12.3 Å². The second-order valence-corrected chi connectivity index (χ2v) is 5.46. The lowest BCUT2D eigenvalue weighted by molar-refractivity contribution is 0.182. The molecule has 0 unspecified atom stereocenters. The van der Waals surface area contributed by atoms with E-state index in [4.69, 9.17) is 16.7 Å². The molecular formula is C18H18N4O2. The molecule has 6 nitrogen and oxygen atoms in total. The van der Waals surface area contributed by atoms with Crippen LogP contribution in [-0.2, 0) is 0 Å². The Morgan fingerprint density at radius 3 is 2.75 bits per heavy atom. The second-order valence-electron chi connectivity index (χ2n) is 5.46. The summed E-state index contributed by atoms with van der Waals surface area (Å²) in [5.74, 6) is 3.74. The van der Waals surface area contributed by atoms with Gasteiger partial charge in [0.25, 0.3) is 0 Å². The van der Waals surface area contributed by atoms with Gasteiger partial charge in [0, 0.05) is 36.1 Å². The van der Waals surface area contributed by atoms with E-state index in [0.717, 1.165) is 11.1 Å². The molecule has 0 bridgehead atoms. The van der Waals surface area contributed by atoms with Crippen LogP contribution in [0.1, 0.15) is 36.2 Å². The van der Waals surface area contributed by atoms with Crippen molar-refractivity contribution >= 4 is 0 Å². The molecule has 6 heteroatoms. The van der Waals surface area contributed by atoms with Gasteiger partial charge in [-0.1, -0.05) is 11.1 Å². The van der Waals surface area contributed by atoms with E-state index in [1.165, 1.54) is 0 Å². The number of nitrogens with two attached hydrogens (primary N) is 1. The van der Waals surface area contributed by atoms with Crippen molar-refractivity contribution in [1.82, 2.24) is 14.7 Å². The molecule has 3 rings (SSSR count). The van der Waals surface area contributed by atoms with Gasteiger partial charge in [0.05, 0.1) is 6.04 Å². The predicted molar refractivity (Wildman–Crippen MR) is 89.9 cm³/mol. The normalized spacial score (nSPS) is 13.4. The Balaban J connectivity index is 1.93. The quantitative estimate of drug-likeness (QED) is 0.702. The molecule has 0 radical (unpaired) electrons. The Morgan fingerprint density at radius 2 is 2.12 bits per heavy atom. The second kappa shape index (κ2) is 6.71. The maximum Gasteiger partial charge on any atom is 0.167 e. The third-order valence-electron chi connectivity index (χ3n) is 3.84. The topological polar surface area (TPSA) is 90.1 Å². The molecular weight excluding hydrogens is 304 g/mol. The van der Waals surface area contributed by atoms with Gasteiger partial charge in [-0.2, -0.15) is 0 Å². The van der Waals surface area contributed by atoms with E-state index >= 15 is 0 Å². The number of aliphatic hydroxyl groups is 1. The molecule has 0 amide bonds. The molecule has 0 spiro atoms. The first kappa shape index (κ1) is 16.0. The van der Waals surface area contributed by atoms with Crippen molar-refractivity contribution in [2.75, 3.05) is 6.54 Å². The molecule has 0 aliphatic carbocycles. The number of terminal acetylenes is 1. The molecule has 2 heterocycles. The summed E-state index contributed by atoms with van der Waals surface area (Å²) in [5, 5.41) is 14.0. The van der Waals surface area contributed by atoms with Gasteiger partial charge in [0.15, 0.2) is 5.76 Å². The van der Waals surface area contributed by atoms with Gasteiger partial charge in [-0.15, -0.1) is 6.42 Å². The number of hydrogen-bond acceptors (Lipinski definition) is 5. The molecule has 122 valence electrons. The van der Waals surface area contributed by atoms with Crippen LogP contribution in [-0.4, -0.2) is 26.4 Å². The summed E-state index contributed by atoms with van der Waals surface area (Å²) in [6.45, 7) is 1.96. The monoisotopic (exact) mass is 322 g/mol. The van der Waals surface area contributed by atoms with Crippen LogP contribution in [0.5, 0.6) is 0 Å². The first-order valence-corrected chi connectivity index (χ1v) is 7.58. The molecule has 0 aliphatic heterocycles. The van der Waals surface area contributed by atoms with Crippen LogP contribution in [0.2, 0.25) is 0 Å². The summed E-state index contributed by atoms with van der Waals surface area (Å²) >= 11 is 0. The Bertz CT molecular complexity index is 856. The minimum atomic E-state index is -0.697. The van der Waals surface area contributed by atoms with Gasteiger partial charge < -0.3 is 19.9 Å². The van der Waals surface area contributed by atoms with Crippen molar-refractivity contribution < 1.29 is 9.63 Å². The largest absolute Gasteiger partial charge is 0.385 e. The lowest BCUT2D eigenvalue weighted by atomic mass is 10.1. The third kappa shape index (κ3) is 2.95. The smallest absolute Gasteiger partial charge is 0.167 e. The van der Waals surface area contributed by atoms with E-state index in [9.17, 15) is 5.11 Å². The first-order valence-electron chi connectivity index (χ1n) is 7.58. The molecule has 1 aromatic carbocycles. The van der Waals surface area contributed by atoms with Crippen LogP contribution >= 0.6 is 0 Å². The van der Waals surface area contributed by atoms with E-state index in [2.05, 4.69) is 16.1 Å². The van der Waals surface area contributed by atoms with E-state index in [1.54, 1.807) is 19.3 Å². The molecule has 2 aromatic heterocycles. The predicted octanol–water partition coefficient (Wildman–Crippen LogP) is 2.12. The van der Waals surface area contributed by atoms with E-state index in [-0.39, 0.29) is 6.04 Å². The summed E-state index contributed by atoms with van der Waals surface area (Å²) < 4.78 is 7.27. The number of imidazole rings is 1. The highest BCUT2D eigenvalue weighted by Crippen LogP contribution is 2.26. The number of benzene rings is 1. The maximum atomic E-state index is 9.83. The molecule has 0 saturated heterocycles. The van der Waals surface area contributed by atoms with Crippen molar-refractivity contribution in [3.05, 3.63) is 59.8 Å². The van der Waals surface area contributed by atoms with E-state index < -0.39 is 6.10 Å². The van der Waals surface area contributed by atoms with Gasteiger partial charge in [0.1, 0.15) is 17.6 Å². The van der Waals surface area contributed by atoms with Crippen LogP contribution in [0.4, 0.5) is 0 Å². The first-order chi connectivity index (χ1) is 11.6. The number of hydrogen-bond donors (Lipinski definition) is 2. The van der Waals surface area contributed by atoms with Crippen LogP contribution < -0.4 is 5.73 Å². The number of rotatable bonds is 5. The van der Waals surface area contributed by atoms with Gasteiger partial charge in [0.2, 0.25) is 0 Å². The fourth-order valence-corrected chi connectivity index (χ4v) is 2.60. The summed E-state index contributed by atoms with van der Waals surface area (Å²) in [6, 6.07) is 9.04. The highest BCUT2D eigenvalue weighted by Gasteiger charge is 2.21. The Hall–Kier alpha value is -2.88. The van der Waals surface area contributed by atoms with Crippen molar-refractivity contribution in [3.8, 4) is 23.7 Å². The summed E-state index contributed by atoms with van der Waals surface area (Å²) in [4.78, 5) is 4.17. The minimum Gasteiger partial charge on any atom is -0.385 e. The highest BCUT2D eigenvalue weighted by molar-refractivity contribution is 5.59. The number of aromatic nitrogens is 3. The van der Waals surface area contributed by atoms with Gasteiger partial charge in [-0.3, -0.25) is 0 Å². The van der Waals surface area contributed by atoms with Crippen molar-refractivity contribution in [2.45, 2.75) is 19.1 Å². The van der Waals surface area contributed by atoms with Crippen molar-refractivity contribution in [3.63, 3.8) is 0 Å². The van der Waals surface area contributed by atoms with Crippen molar-refractivity contribution in [1.29, 1.82) is 0 Å². The van der Waals surface area contributed by atoms with Gasteiger partial charge in [-0.25, -0.2) is 4.98 Å². The standard InChI is InChI=1S/C18H18N4O2/c1-3-13-4-6-14(7-5-13)17-10-15(21-24-17)16(11-19)22-9-8-20-18(22)12(2)23/h1,4-10,12,16,23H,11,19H2,2H3/t12-,16+/m0/s1. The zero-order chi connectivity index (χ0) is 17.1. The molecule has 0 fully saturated rings.